The molecule has 0 atom stereocenters. The highest BCUT2D eigenvalue weighted by Crippen LogP contribution is 2.43. The molecule has 0 spiro atoms. The van der Waals surface area contributed by atoms with E-state index in [9.17, 15) is 4.57 Å². The van der Waals surface area contributed by atoms with Crippen molar-refractivity contribution in [1.29, 1.82) is 0 Å². The first-order chi connectivity index (χ1) is 24.7. The maximum absolute atomic E-state index is 14.7. The summed E-state index contributed by atoms with van der Waals surface area (Å²) in [4.78, 5) is 0. The zero-order valence-electron chi connectivity index (χ0n) is 27.4. The lowest BCUT2D eigenvalue weighted by molar-refractivity contribution is 0.592. The van der Waals surface area contributed by atoms with Crippen molar-refractivity contribution in [2.45, 2.75) is 0 Å². The highest BCUT2D eigenvalue weighted by atomic mass is 31.2. The lowest BCUT2D eigenvalue weighted by atomic mass is 9.91. The number of hydrogen-bond donors (Lipinski definition) is 0. The third-order valence-electron chi connectivity index (χ3n) is 9.98. The fourth-order valence-corrected chi connectivity index (χ4v) is 10.0. The molecule has 0 fully saturated rings. The van der Waals surface area contributed by atoms with Gasteiger partial charge in [0.15, 0.2) is 7.14 Å². The Hall–Kier alpha value is -6.01. The number of benzene rings is 9. The normalized spacial score (nSPS) is 11.7. The fourth-order valence-electron chi connectivity index (χ4n) is 7.38. The maximum atomic E-state index is 14.7. The zero-order valence-corrected chi connectivity index (χ0v) is 28.3. The minimum atomic E-state index is -3.00. The van der Waals surface area contributed by atoms with Crippen molar-refractivity contribution in [1.82, 2.24) is 0 Å². The molecule has 9 rings (SSSR count). The van der Waals surface area contributed by atoms with E-state index in [0.717, 1.165) is 27.0 Å². The molecule has 9 aromatic rings. The smallest absolute Gasteiger partial charge is 0.171 e. The SMILES string of the molecule is O=P(c1ccccc1)(c1ccccc1)c1ccc(-c2ccc(-c3ccc(-c4ccc5c6ccccc6c6ccccc6c5c4)cc3)cc2)cc1. The van der Waals surface area contributed by atoms with Crippen molar-refractivity contribution in [2.75, 3.05) is 0 Å². The Bertz CT molecular complexity index is 2600. The van der Waals surface area contributed by atoms with Crippen LogP contribution >= 0.6 is 7.14 Å². The van der Waals surface area contributed by atoms with E-state index in [1.165, 1.54) is 54.6 Å². The quantitative estimate of drug-likeness (QED) is 0.129. The van der Waals surface area contributed by atoms with Gasteiger partial charge in [0.1, 0.15) is 0 Å². The topological polar surface area (TPSA) is 17.1 Å². The van der Waals surface area contributed by atoms with Crippen molar-refractivity contribution < 1.29 is 4.57 Å². The van der Waals surface area contributed by atoms with Gasteiger partial charge in [0.05, 0.1) is 0 Å². The molecule has 2 heteroatoms. The Morgan fingerprint density at radius 1 is 0.240 bits per heavy atom. The Morgan fingerprint density at radius 3 is 0.940 bits per heavy atom. The molecule has 0 bridgehead atoms. The van der Waals surface area contributed by atoms with Crippen LogP contribution in [0.5, 0.6) is 0 Å². The van der Waals surface area contributed by atoms with Gasteiger partial charge in [-0.15, -0.1) is 0 Å². The Morgan fingerprint density at radius 2 is 0.520 bits per heavy atom. The predicted molar refractivity (Wildman–Crippen MR) is 215 cm³/mol. The van der Waals surface area contributed by atoms with Crippen LogP contribution in [0.4, 0.5) is 0 Å². The molecule has 0 aliphatic carbocycles. The van der Waals surface area contributed by atoms with Gasteiger partial charge in [-0.25, -0.2) is 0 Å². The maximum Gasteiger partial charge on any atom is 0.171 e. The summed E-state index contributed by atoms with van der Waals surface area (Å²) in [7, 11) is -3.00. The van der Waals surface area contributed by atoms with Gasteiger partial charge in [-0.3, -0.25) is 0 Å². The van der Waals surface area contributed by atoms with E-state index < -0.39 is 7.14 Å². The minimum absolute atomic E-state index is 0.836. The standard InChI is InChI=1S/C48H33OP/c49-50(40-11-3-1-4-12-40,41-13-5-2-6-14-41)42-30-27-37(28-31-42)36-21-19-34(20-22-36)35-23-25-38(26-24-35)39-29-32-47-45-17-8-7-15-43(45)44-16-9-10-18-46(44)48(47)33-39/h1-33H. The summed E-state index contributed by atoms with van der Waals surface area (Å²) in [6.07, 6.45) is 0. The van der Waals surface area contributed by atoms with Crippen molar-refractivity contribution >= 4 is 55.4 Å². The van der Waals surface area contributed by atoms with E-state index in [2.05, 4.69) is 127 Å². The fraction of sp³-hybridized carbons (Fsp3) is 0. The van der Waals surface area contributed by atoms with Crippen LogP contribution in [0.2, 0.25) is 0 Å². The van der Waals surface area contributed by atoms with Crippen molar-refractivity contribution in [3.63, 3.8) is 0 Å². The molecule has 1 nitrogen and oxygen atoms in total. The van der Waals surface area contributed by atoms with Crippen LogP contribution in [-0.4, -0.2) is 0 Å². The van der Waals surface area contributed by atoms with E-state index in [1.807, 2.05) is 72.8 Å². The minimum Gasteiger partial charge on any atom is -0.309 e. The monoisotopic (exact) mass is 656 g/mol. The van der Waals surface area contributed by atoms with Gasteiger partial charge in [0.25, 0.3) is 0 Å². The van der Waals surface area contributed by atoms with Gasteiger partial charge in [0, 0.05) is 15.9 Å². The van der Waals surface area contributed by atoms with Gasteiger partial charge in [-0.1, -0.05) is 194 Å². The first kappa shape index (κ1) is 30.1. The largest absolute Gasteiger partial charge is 0.309 e. The third kappa shape index (κ3) is 5.15. The summed E-state index contributed by atoms with van der Waals surface area (Å²) in [5.74, 6) is 0. The second-order valence-corrected chi connectivity index (χ2v) is 15.6. The molecule has 0 aromatic heterocycles. The molecule has 236 valence electrons. The molecule has 0 heterocycles. The number of hydrogen-bond acceptors (Lipinski definition) is 1. The lowest BCUT2D eigenvalue weighted by Crippen LogP contribution is -2.24. The van der Waals surface area contributed by atoms with Crippen LogP contribution in [0.15, 0.2) is 200 Å². The second kappa shape index (κ2) is 12.5. The molecule has 0 N–H and O–H groups in total. The molecule has 0 saturated carbocycles. The van der Waals surface area contributed by atoms with E-state index in [1.54, 1.807) is 0 Å². The van der Waals surface area contributed by atoms with Crippen LogP contribution < -0.4 is 15.9 Å². The molecule has 0 saturated heterocycles. The summed E-state index contributed by atoms with van der Waals surface area (Å²) in [6.45, 7) is 0. The highest BCUT2D eigenvalue weighted by Gasteiger charge is 2.29. The first-order valence-electron chi connectivity index (χ1n) is 17.0. The van der Waals surface area contributed by atoms with Crippen molar-refractivity contribution in [3.8, 4) is 33.4 Å². The van der Waals surface area contributed by atoms with Gasteiger partial charge in [-0.05, 0) is 71.8 Å². The summed E-state index contributed by atoms with van der Waals surface area (Å²) in [5, 5.41) is 10.3. The van der Waals surface area contributed by atoms with Crippen molar-refractivity contribution in [2.24, 2.45) is 0 Å². The Balaban J connectivity index is 0.993. The second-order valence-electron chi connectivity index (χ2n) is 12.8. The third-order valence-corrected chi connectivity index (χ3v) is 13.1. The molecule has 50 heavy (non-hydrogen) atoms. The molecule has 0 unspecified atom stereocenters. The lowest BCUT2D eigenvalue weighted by Gasteiger charge is -2.20. The molecule has 9 aromatic carbocycles. The number of fused-ring (bicyclic) bond motifs is 6. The van der Waals surface area contributed by atoms with Crippen LogP contribution in [-0.2, 0) is 4.57 Å². The van der Waals surface area contributed by atoms with Gasteiger partial charge >= 0.3 is 0 Å². The highest BCUT2D eigenvalue weighted by molar-refractivity contribution is 7.85. The molecule has 0 aliphatic rings. The number of rotatable bonds is 6. The van der Waals surface area contributed by atoms with E-state index in [0.29, 0.717) is 0 Å². The average Bonchev–Trinajstić information content (AvgIpc) is 3.21. The Labute approximate surface area is 292 Å². The summed E-state index contributed by atoms with van der Waals surface area (Å²) >= 11 is 0. The average molecular weight is 657 g/mol. The molecule has 0 amide bonds. The van der Waals surface area contributed by atoms with E-state index in [4.69, 9.17) is 0 Å². The van der Waals surface area contributed by atoms with Crippen LogP contribution in [0.1, 0.15) is 0 Å². The summed E-state index contributed by atoms with van der Waals surface area (Å²) in [5.41, 5.74) is 6.99. The summed E-state index contributed by atoms with van der Waals surface area (Å²) < 4.78 is 14.7. The van der Waals surface area contributed by atoms with Crippen LogP contribution in [0.3, 0.4) is 0 Å². The molecule has 0 radical (unpaired) electrons. The first-order valence-corrected chi connectivity index (χ1v) is 18.7. The summed E-state index contributed by atoms with van der Waals surface area (Å²) in [6, 6.07) is 69.8. The molecular weight excluding hydrogens is 624 g/mol. The van der Waals surface area contributed by atoms with Crippen LogP contribution in [0, 0.1) is 0 Å². The van der Waals surface area contributed by atoms with E-state index in [-0.39, 0.29) is 0 Å². The van der Waals surface area contributed by atoms with Crippen LogP contribution in [0.25, 0.3) is 65.7 Å². The van der Waals surface area contributed by atoms with Gasteiger partial charge in [0.2, 0.25) is 0 Å². The molecule has 0 aliphatic heterocycles. The predicted octanol–water partition coefficient (Wildman–Crippen LogP) is 11.8. The molecular formula is C48H33OP. The van der Waals surface area contributed by atoms with Gasteiger partial charge in [-0.2, -0.15) is 0 Å². The zero-order chi connectivity index (χ0) is 33.5. The Kier molecular flexibility index (Phi) is 7.50. The van der Waals surface area contributed by atoms with Gasteiger partial charge < -0.3 is 4.57 Å². The van der Waals surface area contributed by atoms with E-state index >= 15 is 0 Å². The van der Waals surface area contributed by atoms with Crippen molar-refractivity contribution in [3.05, 3.63) is 200 Å².